The summed E-state index contributed by atoms with van der Waals surface area (Å²) in [6.07, 6.45) is 7.63. The van der Waals surface area contributed by atoms with Crippen LogP contribution in [0.15, 0.2) is 12.1 Å². The van der Waals surface area contributed by atoms with Gasteiger partial charge in [0.25, 0.3) is 6.47 Å². The Morgan fingerprint density at radius 1 is 1.00 bits per heavy atom. The summed E-state index contributed by atoms with van der Waals surface area (Å²) in [6, 6.07) is 4.43. The van der Waals surface area contributed by atoms with Gasteiger partial charge < -0.3 is 9.84 Å². The number of hydrogen-bond acceptors (Lipinski definition) is 3. The molecule has 0 radical (unpaired) electrons. The Morgan fingerprint density at radius 2 is 1.61 bits per heavy atom. The fourth-order valence-corrected chi connectivity index (χ4v) is 3.63. The number of hydrogen-bond donors (Lipinski definition) is 1. The molecule has 0 amide bonds. The molecule has 28 heavy (non-hydrogen) atoms. The van der Waals surface area contributed by atoms with Crippen molar-refractivity contribution in [3.8, 4) is 0 Å². The van der Waals surface area contributed by atoms with Crippen molar-refractivity contribution < 1.29 is 19.4 Å². The van der Waals surface area contributed by atoms with Gasteiger partial charge in [-0.1, -0.05) is 18.6 Å². The average molecular weight is 391 g/mol. The van der Waals surface area contributed by atoms with Gasteiger partial charge in [-0.25, -0.2) is 0 Å². The third-order valence-corrected chi connectivity index (χ3v) is 5.84. The Hall–Kier alpha value is -1.84. The van der Waals surface area contributed by atoms with Crippen molar-refractivity contribution in [1.82, 2.24) is 0 Å². The van der Waals surface area contributed by atoms with Crippen LogP contribution in [0.2, 0.25) is 0 Å². The molecule has 0 saturated carbocycles. The fraction of sp³-hybridized carbons (Fsp3) is 0.667. The standard InChI is InChI=1S/C24H38O4/c1-18-13-14-20(11-7-9-15-23(3,4)22(26)27)19(2)21(18)12-8-10-16-24(5,6)28-17-25/h13-14,17H,7-12,15-16H2,1-6H3,(H,26,27). The van der Waals surface area contributed by atoms with Crippen LogP contribution in [-0.2, 0) is 27.2 Å². The molecule has 1 rings (SSSR count). The van der Waals surface area contributed by atoms with Gasteiger partial charge in [0, 0.05) is 0 Å². The lowest BCUT2D eigenvalue weighted by Crippen LogP contribution is -2.23. The van der Waals surface area contributed by atoms with Gasteiger partial charge in [0.1, 0.15) is 5.60 Å². The Labute approximate surface area is 170 Å². The molecule has 0 spiro atoms. The predicted octanol–water partition coefficient (Wildman–Crippen LogP) is 5.79. The van der Waals surface area contributed by atoms with Crippen molar-refractivity contribution in [1.29, 1.82) is 0 Å². The van der Waals surface area contributed by atoms with Crippen LogP contribution in [0.5, 0.6) is 0 Å². The van der Waals surface area contributed by atoms with Gasteiger partial charge in [0.15, 0.2) is 0 Å². The highest BCUT2D eigenvalue weighted by atomic mass is 16.5. The molecule has 0 aliphatic heterocycles. The van der Waals surface area contributed by atoms with Crippen molar-refractivity contribution in [3.05, 3.63) is 34.4 Å². The zero-order chi connectivity index (χ0) is 21.4. The third-order valence-electron chi connectivity index (χ3n) is 5.84. The molecule has 0 aliphatic carbocycles. The molecule has 0 atom stereocenters. The number of carbonyl (C=O) groups is 2. The molecule has 1 N–H and O–H groups in total. The summed E-state index contributed by atoms with van der Waals surface area (Å²) >= 11 is 0. The molecule has 4 heteroatoms. The van der Waals surface area contributed by atoms with Crippen molar-refractivity contribution in [2.24, 2.45) is 5.41 Å². The molecular weight excluding hydrogens is 352 g/mol. The van der Waals surface area contributed by atoms with E-state index in [-0.39, 0.29) is 0 Å². The summed E-state index contributed by atoms with van der Waals surface area (Å²) in [4.78, 5) is 21.8. The lowest BCUT2D eigenvalue weighted by Gasteiger charge is -2.22. The summed E-state index contributed by atoms with van der Waals surface area (Å²) in [5.74, 6) is -0.719. The molecular formula is C24H38O4. The number of unbranched alkanes of at least 4 members (excludes halogenated alkanes) is 2. The van der Waals surface area contributed by atoms with Crippen LogP contribution >= 0.6 is 0 Å². The minimum absolute atomic E-state index is 0.391. The maximum Gasteiger partial charge on any atom is 0.309 e. The van der Waals surface area contributed by atoms with Gasteiger partial charge >= 0.3 is 5.97 Å². The van der Waals surface area contributed by atoms with E-state index in [9.17, 15) is 14.7 Å². The van der Waals surface area contributed by atoms with Gasteiger partial charge in [0.2, 0.25) is 0 Å². The van der Waals surface area contributed by atoms with Crippen LogP contribution in [0, 0.1) is 19.3 Å². The van der Waals surface area contributed by atoms with Crippen LogP contribution in [0.1, 0.15) is 88.5 Å². The number of carboxylic acid groups (broad SMARTS) is 1. The first-order valence-corrected chi connectivity index (χ1v) is 10.4. The van der Waals surface area contributed by atoms with Gasteiger partial charge in [-0.2, -0.15) is 0 Å². The Balaban J connectivity index is 2.58. The van der Waals surface area contributed by atoms with Gasteiger partial charge in [-0.15, -0.1) is 0 Å². The summed E-state index contributed by atoms with van der Waals surface area (Å²) in [6.45, 7) is 12.4. The number of aryl methyl sites for hydroxylation is 2. The first-order chi connectivity index (χ1) is 13.0. The minimum Gasteiger partial charge on any atom is -0.481 e. The van der Waals surface area contributed by atoms with E-state index >= 15 is 0 Å². The van der Waals surface area contributed by atoms with E-state index in [1.54, 1.807) is 13.8 Å². The first-order valence-electron chi connectivity index (χ1n) is 10.4. The zero-order valence-corrected chi connectivity index (χ0v) is 18.6. The Bertz CT molecular complexity index is 659. The highest BCUT2D eigenvalue weighted by Gasteiger charge is 2.26. The molecule has 0 saturated heterocycles. The first kappa shape index (κ1) is 24.2. The van der Waals surface area contributed by atoms with Crippen molar-refractivity contribution in [3.63, 3.8) is 0 Å². The van der Waals surface area contributed by atoms with Crippen LogP contribution in [0.4, 0.5) is 0 Å². The Morgan fingerprint density at radius 3 is 2.21 bits per heavy atom. The number of rotatable bonds is 13. The van der Waals surface area contributed by atoms with E-state index in [0.29, 0.717) is 12.9 Å². The maximum atomic E-state index is 11.2. The second-order valence-electron chi connectivity index (χ2n) is 9.22. The van der Waals surface area contributed by atoms with Crippen molar-refractivity contribution >= 4 is 12.4 Å². The zero-order valence-electron chi connectivity index (χ0n) is 18.6. The van der Waals surface area contributed by atoms with Crippen molar-refractivity contribution in [2.45, 2.75) is 98.5 Å². The van der Waals surface area contributed by atoms with E-state index in [2.05, 4.69) is 26.0 Å². The smallest absolute Gasteiger partial charge is 0.309 e. The highest BCUT2D eigenvalue weighted by Crippen LogP contribution is 2.26. The van der Waals surface area contributed by atoms with Crippen LogP contribution in [0.3, 0.4) is 0 Å². The van der Waals surface area contributed by atoms with Crippen LogP contribution in [-0.4, -0.2) is 23.1 Å². The molecule has 0 heterocycles. The summed E-state index contributed by atoms with van der Waals surface area (Å²) in [5.41, 5.74) is 4.47. The summed E-state index contributed by atoms with van der Waals surface area (Å²) in [5, 5.41) is 9.23. The molecule has 0 aliphatic rings. The number of aliphatic carboxylic acids is 1. The lowest BCUT2D eigenvalue weighted by molar-refractivity contribution is -0.147. The molecule has 4 nitrogen and oxygen atoms in total. The minimum atomic E-state index is -0.719. The quantitative estimate of drug-likeness (QED) is 0.342. The number of carboxylic acids is 1. The Kier molecular flexibility index (Phi) is 9.19. The summed E-state index contributed by atoms with van der Waals surface area (Å²) < 4.78 is 5.12. The molecule has 1 aromatic rings. The predicted molar refractivity (Wildman–Crippen MR) is 114 cm³/mol. The van der Waals surface area contributed by atoms with Crippen LogP contribution in [0.25, 0.3) is 0 Å². The lowest BCUT2D eigenvalue weighted by atomic mass is 9.86. The van der Waals surface area contributed by atoms with Gasteiger partial charge in [-0.05, 0) is 109 Å². The average Bonchev–Trinajstić information content (AvgIpc) is 2.59. The van der Waals surface area contributed by atoms with Crippen LogP contribution < -0.4 is 0 Å². The monoisotopic (exact) mass is 390 g/mol. The van der Waals surface area contributed by atoms with E-state index in [0.717, 1.165) is 44.9 Å². The summed E-state index contributed by atoms with van der Waals surface area (Å²) in [7, 11) is 0. The second-order valence-corrected chi connectivity index (χ2v) is 9.22. The van der Waals surface area contributed by atoms with E-state index in [1.165, 1.54) is 22.3 Å². The molecule has 0 bridgehead atoms. The van der Waals surface area contributed by atoms with Gasteiger partial charge in [0.05, 0.1) is 5.41 Å². The normalized spacial score (nSPS) is 12.1. The largest absolute Gasteiger partial charge is 0.481 e. The SMILES string of the molecule is Cc1ccc(CCCCC(C)(C)C(=O)O)c(C)c1CCCCC(C)(C)OC=O. The van der Waals surface area contributed by atoms with Gasteiger partial charge in [-0.3, -0.25) is 9.59 Å². The molecule has 1 aromatic carbocycles. The third kappa shape index (κ3) is 7.65. The van der Waals surface area contributed by atoms with E-state index in [1.807, 2.05) is 13.8 Å². The topological polar surface area (TPSA) is 63.6 Å². The van der Waals surface area contributed by atoms with E-state index < -0.39 is 17.0 Å². The molecule has 158 valence electrons. The number of ether oxygens (including phenoxy) is 1. The number of benzene rings is 1. The van der Waals surface area contributed by atoms with E-state index in [4.69, 9.17) is 4.74 Å². The molecule has 0 aromatic heterocycles. The van der Waals surface area contributed by atoms with Crippen molar-refractivity contribution in [2.75, 3.05) is 0 Å². The highest BCUT2D eigenvalue weighted by molar-refractivity contribution is 5.73. The maximum absolute atomic E-state index is 11.2. The molecule has 0 fully saturated rings. The molecule has 0 unspecified atom stereocenters. The number of carbonyl (C=O) groups excluding carboxylic acids is 1. The fourth-order valence-electron chi connectivity index (χ4n) is 3.63. The second kappa shape index (κ2) is 10.6.